The van der Waals surface area contributed by atoms with Crippen molar-refractivity contribution in [1.82, 2.24) is 0 Å². The van der Waals surface area contributed by atoms with Crippen molar-refractivity contribution in [1.29, 1.82) is 0 Å². The van der Waals surface area contributed by atoms with Gasteiger partial charge in [0.2, 0.25) is 0 Å². The molecule has 0 aromatic heterocycles. The maximum atomic E-state index is 2.76. The zero-order valence-electron chi connectivity index (χ0n) is 21.0. The summed E-state index contributed by atoms with van der Waals surface area (Å²) in [6.45, 7) is 18.1. The van der Waals surface area contributed by atoms with Gasteiger partial charge in [0.25, 0.3) is 0 Å². The van der Waals surface area contributed by atoms with Crippen molar-refractivity contribution in [2.75, 3.05) is 0 Å². The van der Waals surface area contributed by atoms with Gasteiger partial charge in [-0.15, -0.1) is 0 Å². The molecule has 0 aliphatic heterocycles. The minimum absolute atomic E-state index is 0.651. The molecule has 4 fully saturated rings. The van der Waals surface area contributed by atoms with E-state index in [-0.39, 0.29) is 0 Å². The third-order valence-electron chi connectivity index (χ3n) is 11.5. The Balaban J connectivity index is 1.50. The van der Waals surface area contributed by atoms with Gasteiger partial charge in [0.05, 0.1) is 0 Å². The first kappa shape index (κ1) is 22.2. The van der Waals surface area contributed by atoms with Crippen LogP contribution in [0, 0.1) is 64.1 Å². The Morgan fingerprint density at radius 2 is 1.48 bits per heavy atom. The van der Waals surface area contributed by atoms with Crippen LogP contribution in [0.15, 0.2) is 0 Å². The van der Waals surface area contributed by atoms with Crippen molar-refractivity contribution in [3.05, 3.63) is 0 Å². The topological polar surface area (TPSA) is 0 Å². The monoisotopic (exact) mass is 400 g/mol. The quantitative estimate of drug-likeness (QED) is 0.432. The van der Waals surface area contributed by atoms with Gasteiger partial charge in [0.1, 0.15) is 0 Å². The lowest BCUT2D eigenvalue weighted by Crippen LogP contribution is -2.56. The summed E-state index contributed by atoms with van der Waals surface area (Å²) in [6.07, 6.45) is 16.7. The van der Waals surface area contributed by atoms with Gasteiger partial charge in [-0.25, -0.2) is 0 Å². The molecule has 0 radical (unpaired) electrons. The smallest absolute Gasteiger partial charge is 0.0264 e. The summed E-state index contributed by atoms with van der Waals surface area (Å²) in [5.41, 5.74) is 1.32. The second-order valence-electron chi connectivity index (χ2n) is 13.6. The van der Waals surface area contributed by atoms with Crippen molar-refractivity contribution in [3.8, 4) is 0 Å². The van der Waals surface area contributed by atoms with Gasteiger partial charge in [0, 0.05) is 0 Å². The van der Waals surface area contributed by atoms with Crippen LogP contribution < -0.4 is 0 Å². The van der Waals surface area contributed by atoms with Gasteiger partial charge >= 0.3 is 0 Å². The highest BCUT2D eigenvalue weighted by Crippen LogP contribution is 2.69. The molecule has 0 saturated heterocycles. The fraction of sp³-hybridized carbons (Fsp3) is 1.00. The summed E-state index contributed by atoms with van der Waals surface area (Å²) >= 11 is 0. The molecule has 0 heteroatoms. The molecule has 168 valence electrons. The molecule has 10 atom stereocenters. The zero-order chi connectivity index (χ0) is 21.0. The second kappa shape index (κ2) is 8.16. The molecule has 29 heavy (non-hydrogen) atoms. The van der Waals surface area contributed by atoms with Crippen molar-refractivity contribution in [3.63, 3.8) is 0 Å². The van der Waals surface area contributed by atoms with E-state index in [0.717, 1.165) is 53.3 Å². The minimum atomic E-state index is 0.651. The Morgan fingerprint density at radius 1 is 0.793 bits per heavy atom. The maximum absolute atomic E-state index is 2.76. The van der Waals surface area contributed by atoms with Gasteiger partial charge in [-0.05, 0) is 109 Å². The molecular weight excluding hydrogens is 348 g/mol. The number of hydrogen-bond donors (Lipinski definition) is 0. The van der Waals surface area contributed by atoms with E-state index in [1.807, 2.05) is 0 Å². The molecule has 4 aliphatic carbocycles. The molecule has 4 aliphatic rings. The molecule has 0 N–H and O–H groups in total. The van der Waals surface area contributed by atoms with Crippen LogP contribution in [-0.4, -0.2) is 0 Å². The lowest BCUT2D eigenvalue weighted by atomic mass is 9.42. The molecule has 4 rings (SSSR count). The van der Waals surface area contributed by atoms with Crippen molar-refractivity contribution in [2.24, 2.45) is 64.1 Å². The fourth-order valence-electron chi connectivity index (χ4n) is 9.88. The highest BCUT2D eigenvalue weighted by molar-refractivity contribution is 5.10. The molecule has 0 aromatic carbocycles. The van der Waals surface area contributed by atoms with Crippen molar-refractivity contribution in [2.45, 2.75) is 119 Å². The Morgan fingerprint density at radius 3 is 2.21 bits per heavy atom. The molecule has 0 amide bonds. The summed E-state index contributed by atoms with van der Waals surface area (Å²) in [7, 11) is 0. The molecule has 0 aromatic rings. The van der Waals surface area contributed by atoms with Crippen molar-refractivity contribution >= 4 is 0 Å². The standard InChI is InChI=1S/C29H52/c1-19(2)9-8-10-21(4)24-11-12-25-27-22(5)18-23-17-20(3)13-15-28(23,6)26(27)14-16-29(24,25)7/h19-27H,8-18H2,1-7H3/t20?,21-,22?,23?,24?,25?,26?,27?,28+,29-/m1/s1. The Hall–Kier alpha value is 0. The molecule has 7 unspecified atom stereocenters. The van der Waals surface area contributed by atoms with Crippen LogP contribution in [-0.2, 0) is 0 Å². The first-order valence-corrected chi connectivity index (χ1v) is 13.7. The van der Waals surface area contributed by atoms with E-state index < -0.39 is 0 Å². The lowest BCUT2D eigenvalue weighted by molar-refractivity contribution is -0.142. The van der Waals surface area contributed by atoms with E-state index in [9.17, 15) is 0 Å². The lowest BCUT2D eigenvalue weighted by Gasteiger charge is -2.63. The van der Waals surface area contributed by atoms with Crippen LogP contribution in [0.25, 0.3) is 0 Å². The van der Waals surface area contributed by atoms with E-state index in [0.29, 0.717) is 10.8 Å². The maximum Gasteiger partial charge on any atom is -0.0264 e. The first-order chi connectivity index (χ1) is 13.7. The third kappa shape index (κ3) is 3.75. The predicted molar refractivity (Wildman–Crippen MR) is 127 cm³/mol. The number of rotatable bonds is 5. The van der Waals surface area contributed by atoms with Crippen LogP contribution in [0.4, 0.5) is 0 Å². The molecule has 0 spiro atoms. The van der Waals surface area contributed by atoms with Crippen LogP contribution in [0.3, 0.4) is 0 Å². The average Bonchev–Trinajstić information content (AvgIpc) is 3.00. The largest absolute Gasteiger partial charge is 0.0628 e. The van der Waals surface area contributed by atoms with Gasteiger partial charge in [-0.3, -0.25) is 0 Å². The van der Waals surface area contributed by atoms with Crippen molar-refractivity contribution < 1.29 is 0 Å². The van der Waals surface area contributed by atoms with E-state index >= 15 is 0 Å². The highest BCUT2D eigenvalue weighted by atomic mass is 14.7. The second-order valence-corrected chi connectivity index (χ2v) is 13.6. The summed E-state index contributed by atoms with van der Waals surface area (Å²) < 4.78 is 0. The fourth-order valence-corrected chi connectivity index (χ4v) is 9.88. The van der Waals surface area contributed by atoms with Gasteiger partial charge in [0.15, 0.2) is 0 Å². The van der Waals surface area contributed by atoms with Gasteiger partial charge in [-0.1, -0.05) is 74.1 Å². The summed E-state index contributed by atoms with van der Waals surface area (Å²) in [4.78, 5) is 0. The van der Waals surface area contributed by atoms with Crippen LogP contribution in [0.2, 0.25) is 0 Å². The van der Waals surface area contributed by atoms with E-state index in [4.69, 9.17) is 0 Å². The Bertz CT molecular complexity index is 562. The Labute approximate surface area is 183 Å². The highest BCUT2D eigenvalue weighted by Gasteiger charge is 2.61. The van der Waals surface area contributed by atoms with E-state index in [1.165, 1.54) is 44.9 Å². The summed E-state index contributed by atoms with van der Waals surface area (Å²) in [6, 6.07) is 0. The molecule has 4 saturated carbocycles. The van der Waals surface area contributed by atoms with Gasteiger partial charge < -0.3 is 0 Å². The minimum Gasteiger partial charge on any atom is -0.0628 e. The first-order valence-electron chi connectivity index (χ1n) is 13.7. The average molecular weight is 401 g/mol. The zero-order valence-corrected chi connectivity index (χ0v) is 21.0. The van der Waals surface area contributed by atoms with Gasteiger partial charge in [-0.2, -0.15) is 0 Å². The summed E-state index contributed by atoms with van der Waals surface area (Å²) in [5, 5.41) is 0. The molecule has 0 bridgehead atoms. The molecule has 0 nitrogen and oxygen atoms in total. The number of hydrogen-bond acceptors (Lipinski definition) is 0. The van der Waals surface area contributed by atoms with E-state index in [2.05, 4.69) is 48.5 Å². The van der Waals surface area contributed by atoms with Crippen LogP contribution in [0.1, 0.15) is 119 Å². The SMILES string of the molecule is CC(C)CCC[C@@H](C)C1CCC2C3C(C)CC4CC(C)CC[C@]4(C)C3CC[C@@]21C. The van der Waals surface area contributed by atoms with Crippen LogP contribution in [0.5, 0.6) is 0 Å². The Kier molecular flexibility index (Phi) is 6.25. The third-order valence-corrected chi connectivity index (χ3v) is 11.5. The molecule has 0 heterocycles. The van der Waals surface area contributed by atoms with Crippen LogP contribution >= 0.6 is 0 Å². The van der Waals surface area contributed by atoms with E-state index in [1.54, 1.807) is 25.7 Å². The normalized spacial score (nSPS) is 50.7. The summed E-state index contributed by atoms with van der Waals surface area (Å²) in [5.74, 6) is 8.91. The number of fused-ring (bicyclic) bond motifs is 5. The predicted octanol–water partition coefficient (Wildman–Crippen LogP) is 8.99. The molecular formula is C29H52.